The van der Waals surface area contributed by atoms with Crippen molar-refractivity contribution in [3.8, 4) is 0 Å². The van der Waals surface area contributed by atoms with Crippen LogP contribution in [0.25, 0.3) is 0 Å². The molecular formula is C21H30O7. The minimum absolute atomic E-state index is 0.0200. The van der Waals surface area contributed by atoms with Gasteiger partial charge in [0, 0.05) is 12.7 Å². The van der Waals surface area contributed by atoms with Gasteiger partial charge in [0.1, 0.15) is 6.61 Å². The summed E-state index contributed by atoms with van der Waals surface area (Å²) >= 11 is 0. The number of furan rings is 1. The number of hydrogen-bond donors (Lipinski definition) is 3. The summed E-state index contributed by atoms with van der Waals surface area (Å²) in [5.41, 5.74) is -2.63. The minimum atomic E-state index is -1.28. The molecular weight excluding hydrogens is 364 g/mol. The third-order valence-electron chi connectivity index (χ3n) is 7.91. The van der Waals surface area contributed by atoms with Crippen molar-refractivity contribution in [3.63, 3.8) is 0 Å². The van der Waals surface area contributed by atoms with E-state index < -0.39 is 28.6 Å². The second kappa shape index (κ2) is 6.83. The van der Waals surface area contributed by atoms with Crippen LogP contribution < -0.4 is 0 Å². The maximum atomic E-state index is 13.2. The summed E-state index contributed by atoms with van der Waals surface area (Å²) in [5, 5.41) is 33.6. The van der Waals surface area contributed by atoms with Crippen molar-refractivity contribution in [2.24, 2.45) is 22.7 Å². The molecule has 1 aliphatic heterocycles. The van der Waals surface area contributed by atoms with E-state index in [2.05, 4.69) is 0 Å². The number of carbonyl (C=O) groups is 1. The molecule has 3 N–H and O–H groups in total. The summed E-state index contributed by atoms with van der Waals surface area (Å²) < 4.78 is 16.1. The summed E-state index contributed by atoms with van der Waals surface area (Å²) in [6, 6.07) is 1.69. The summed E-state index contributed by atoms with van der Waals surface area (Å²) in [4.78, 5) is 13.2. The van der Waals surface area contributed by atoms with Crippen LogP contribution in [0.4, 0.5) is 0 Å². The molecule has 7 nitrogen and oxygen atoms in total. The Morgan fingerprint density at radius 2 is 2.21 bits per heavy atom. The predicted molar refractivity (Wildman–Crippen MR) is 98.1 cm³/mol. The van der Waals surface area contributed by atoms with Gasteiger partial charge in [-0.1, -0.05) is 13.3 Å². The molecule has 2 saturated carbocycles. The van der Waals surface area contributed by atoms with Gasteiger partial charge < -0.3 is 29.2 Å². The molecule has 156 valence electrons. The number of rotatable bonds is 5. The zero-order chi connectivity index (χ0) is 20.2. The lowest BCUT2D eigenvalue weighted by Gasteiger charge is -2.67. The molecule has 2 aliphatic carbocycles. The highest BCUT2D eigenvalue weighted by Crippen LogP contribution is 2.67. The molecule has 0 amide bonds. The number of methoxy groups -OCH3 is 1. The molecule has 0 aromatic carbocycles. The predicted octanol–water partition coefficient (Wildman–Crippen LogP) is 1.81. The van der Waals surface area contributed by atoms with E-state index in [4.69, 9.17) is 13.9 Å². The molecule has 3 aliphatic rings. The summed E-state index contributed by atoms with van der Waals surface area (Å²) in [5.74, 6) is -0.827. The Hall–Kier alpha value is -1.41. The molecule has 1 saturated heterocycles. The highest BCUT2D eigenvalue weighted by Gasteiger charge is 2.74. The summed E-state index contributed by atoms with van der Waals surface area (Å²) in [7, 11) is 1.53. The first-order chi connectivity index (χ1) is 13.3. The number of carbonyl (C=O) groups excluding carboxylic acids is 1. The van der Waals surface area contributed by atoms with E-state index in [0.29, 0.717) is 24.8 Å². The molecule has 7 atom stereocenters. The van der Waals surface area contributed by atoms with Gasteiger partial charge in [0.15, 0.2) is 0 Å². The van der Waals surface area contributed by atoms with Crippen LogP contribution in [0.3, 0.4) is 0 Å². The van der Waals surface area contributed by atoms with Crippen molar-refractivity contribution in [2.75, 3.05) is 20.3 Å². The fraction of sp³-hybridized carbons (Fsp3) is 0.762. The van der Waals surface area contributed by atoms with Crippen LogP contribution in [0.15, 0.2) is 23.0 Å². The van der Waals surface area contributed by atoms with Crippen molar-refractivity contribution in [2.45, 2.75) is 56.8 Å². The van der Waals surface area contributed by atoms with Gasteiger partial charge in [0.25, 0.3) is 0 Å². The SMILES string of the molecule is COC[C@@]1(O)CCC[C@@H]2[C@]3(C[C@H](O)c4ccoc4)C(=O)OC[C@@]21[C@@H](O)C[C@H]3C. The quantitative estimate of drug-likeness (QED) is 0.654. The number of aliphatic hydroxyl groups is 3. The smallest absolute Gasteiger partial charge is 0.312 e. The summed E-state index contributed by atoms with van der Waals surface area (Å²) in [6.07, 6.45) is 3.73. The minimum Gasteiger partial charge on any atom is -0.472 e. The van der Waals surface area contributed by atoms with Crippen molar-refractivity contribution < 1.29 is 34.0 Å². The molecule has 4 rings (SSSR count). The highest BCUT2D eigenvalue weighted by molar-refractivity contribution is 5.79. The van der Waals surface area contributed by atoms with E-state index in [9.17, 15) is 20.1 Å². The molecule has 0 spiro atoms. The first-order valence-electron chi connectivity index (χ1n) is 10.1. The maximum Gasteiger partial charge on any atom is 0.312 e. The largest absolute Gasteiger partial charge is 0.472 e. The fourth-order valence-corrected chi connectivity index (χ4v) is 6.54. The third-order valence-corrected chi connectivity index (χ3v) is 7.91. The lowest BCUT2D eigenvalue weighted by molar-refractivity contribution is -0.306. The highest BCUT2D eigenvalue weighted by atomic mass is 16.5. The summed E-state index contributed by atoms with van der Waals surface area (Å²) in [6.45, 7) is 1.99. The average Bonchev–Trinajstić information content (AvgIpc) is 3.18. The van der Waals surface area contributed by atoms with Crippen molar-refractivity contribution in [1.29, 1.82) is 0 Å². The van der Waals surface area contributed by atoms with E-state index in [-0.39, 0.29) is 37.4 Å². The van der Waals surface area contributed by atoms with E-state index >= 15 is 0 Å². The second-order valence-corrected chi connectivity index (χ2v) is 9.00. The van der Waals surface area contributed by atoms with Gasteiger partial charge in [-0.05, 0) is 43.6 Å². The monoisotopic (exact) mass is 394 g/mol. The van der Waals surface area contributed by atoms with E-state index in [1.165, 1.54) is 19.6 Å². The first-order valence-corrected chi connectivity index (χ1v) is 10.1. The lowest BCUT2D eigenvalue weighted by Crippen LogP contribution is -2.75. The van der Waals surface area contributed by atoms with E-state index in [0.717, 1.165) is 6.42 Å². The maximum absolute atomic E-state index is 13.2. The van der Waals surface area contributed by atoms with Gasteiger partial charge >= 0.3 is 5.97 Å². The van der Waals surface area contributed by atoms with Crippen molar-refractivity contribution in [3.05, 3.63) is 24.2 Å². The molecule has 0 radical (unpaired) electrons. The number of ether oxygens (including phenoxy) is 2. The molecule has 1 aromatic heterocycles. The molecule has 28 heavy (non-hydrogen) atoms. The Morgan fingerprint density at radius 3 is 2.89 bits per heavy atom. The molecule has 1 aromatic rings. The Bertz CT molecular complexity index is 714. The standard InChI is InChI=1S/C21H30O7/c1-13-8-17(23)21-12-28-18(24)20(13,9-15(22)14-5-7-27-10-14)16(21)4-3-6-19(21,25)11-26-2/h5,7,10,13,15-17,22-23,25H,3-4,6,8-9,11-12H2,1-2H3/t13-,15+,16-,17+,19+,20-,21+/m1/s1. The van der Waals surface area contributed by atoms with Gasteiger partial charge in [-0.15, -0.1) is 0 Å². The van der Waals surface area contributed by atoms with Crippen LogP contribution in [-0.2, 0) is 14.3 Å². The average molecular weight is 394 g/mol. The Kier molecular flexibility index (Phi) is 4.85. The van der Waals surface area contributed by atoms with Gasteiger partial charge in [0.05, 0.1) is 47.8 Å². The second-order valence-electron chi connectivity index (χ2n) is 9.00. The Labute approximate surface area is 164 Å². The van der Waals surface area contributed by atoms with Crippen LogP contribution in [0.1, 0.15) is 50.7 Å². The van der Waals surface area contributed by atoms with Crippen molar-refractivity contribution in [1.82, 2.24) is 0 Å². The van der Waals surface area contributed by atoms with Crippen LogP contribution >= 0.6 is 0 Å². The molecule has 3 fully saturated rings. The first kappa shape index (κ1) is 19.9. The fourth-order valence-electron chi connectivity index (χ4n) is 6.54. The van der Waals surface area contributed by atoms with Crippen LogP contribution in [0, 0.1) is 22.7 Å². The molecule has 0 unspecified atom stereocenters. The lowest BCUT2D eigenvalue weighted by atomic mass is 9.40. The van der Waals surface area contributed by atoms with E-state index in [1.54, 1.807) is 6.07 Å². The van der Waals surface area contributed by atoms with Gasteiger partial charge in [-0.2, -0.15) is 0 Å². The number of cyclic esters (lactones) is 1. The normalized spacial score (nSPS) is 43.9. The van der Waals surface area contributed by atoms with Crippen molar-refractivity contribution >= 4 is 5.97 Å². The molecule has 7 heteroatoms. The topological polar surface area (TPSA) is 109 Å². The molecule has 2 heterocycles. The van der Waals surface area contributed by atoms with Crippen LogP contribution in [0.2, 0.25) is 0 Å². The van der Waals surface area contributed by atoms with Gasteiger partial charge in [-0.25, -0.2) is 0 Å². The third kappa shape index (κ3) is 2.46. The van der Waals surface area contributed by atoms with Crippen LogP contribution in [0.5, 0.6) is 0 Å². The number of aliphatic hydroxyl groups excluding tert-OH is 2. The molecule has 2 bridgehead atoms. The van der Waals surface area contributed by atoms with E-state index in [1.807, 2.05) is 6.92 Å². The Balaban J connectivity index is 1.81. The zero-order valence-electron chi connectivity index (χ0n) is 16.5. The number of esters is 1. The van der Waals surface area contributed by atoms with Gasteiger partial charge in [-0.3, -0.25) is 4.79 Å². The zero-order valence-corrected chi connectivity index (χ0v) is 16.5. The van der Waals surface area contributed by atoms with Gasteiger partial charge in [0.2, 0.25) is 0 Å². The van der Waals surface area contributed by atoms with Crippen LogP contribution in [-0.4, -0.2) is 53.3 Å². The number of hydrogen-bond acceptors (Lipinski definition) is 7. The Morgan fingerprint density at radius 1 is 1.43 bits per heavy atom.